The van der Waals surface area contributed by atoms with Crippen molar-refractivity contribution in [3.63, 3.8) is 0 Å². The highest BCUT2D eigenvalue weighted by Crippen LogP contribution is 2.23. The van der Waals surface area contributed by atoms with E-state index in [1.165, 1.54) is 11.4 Å². The third-order valence-electron chi connectivity index (χ3n) is 5.15. The van der Waals surface area contributed by atoms with E-state index in [1.54, 1.807) is 24.3 Å². The fourth-order valence-corrected chi connectivity index (χ4v) is 3.72. The minimum atomic E-state index is -3.34. The van der Waals surface area contributed by atoms with Gasteiger partial charge in [-0.25, -0.2) is 8.42 Å². The quantitative estimate of drug-likeness (QED) is 0.670. The predicted molar refractivity (Wildman–Crippen MR) is 122 cm³/mol. The van der Waals surface area contributed by atoms with Gasteiger partial charge in [0.25, 0.3) is 5.91 Å². The van der Waals surface area contributed by atoms with Crippen LogP contribution in [0.1, 0.15) is 13.3 Å². The lowest BCUT2D eigenvalue weighted by molar-refractivity contribution is -0.122. The molecule has 2 aromatic carbocycles. The zero-order valence-corrected chi connectivity index (χ0v) is 18.9. The first-order valence-corrected chi connectivity index (χ1v) is 12.1. The van der Waals surface area contributed by atoms with Crippen LogP contribution in [0.4, 0.5) is 17.1 Å². The number of amides is 1. The first kappa shape index (κ1) is 22.9. The Labute approximate surface area is 183 Å². The maximum Gasteiger partial charge on any atom is 0.265 e. The van der Waals surface area contributed by atoms with Crippen molar-refractivity contribution < 1.29 is 22.7 Å². The number of nitrogens with one attached hydrogen (secondary N) is 1. The van der Waals surface area contributed by atoms with Crippen LogP contribution in [0.15, 0.2) is 48.5 Å². The summed E-state index contributed by atoms with van der Waals surface area (Å²) in [4.78, 5) is 14.9. The van der Waals surface area contributed by atoms with Crippen molar-refractivity contribution in [2.75, 3.05) is 54.1 Å². The van der Waals surface area contributed by atoms with Gasteiger partial charge in [0, 0.05) is 31.5 Å². The van der Waals surface area contributed by atoms with Crippen LogP contribution in [0, 0.1) is 0 Å². The third-order valence-corrected chi connectivity index (χ3v) is 6.36. The van der Waals surface area contributed by atoms with Gasteiger partial charge in [0.05, 0.1) is 25.2 Å². The summed E-state index contributed by atoms with van der Waals surface area (Å²) in [5, 5.41) is 2.90. The summed E-state index contributed by atoms with van der Waals surface area (Å²) in [6.45, 7) is 5.03. The number of nitrogens with zero attached hydrogens (tertiary/aromatic N) is 2. The standard InChI is InChI=1S/C22H29N3O5S/c1-4-21(30-20-11-9-18(10-12-20)24(2)31(3,27)28)22(26)23-17-5-7-19(8-6-17)25-13-15-29-16-14-25/h5-12,21H,4,13-16H2,1-3H3,(H,23,26). The molecule has 1 amide bonds. The molecule has 1 aliphatic heterocycles. The van der Waals surface area contributed by atoms with Crippen LogP contribution >= 0.6 is 0 Å². The number of ether oxygens (including phenoxy) is 2. The van der Waals surface area contributed by atoms with Gasteiger partial charge in [-0.15, -0.1) is 0 Å². The Morgan fingerprint density at radius 2 is 1.74 bits per heavy atom. The van der Waals surface area contributed by atoms with Crippen LogP contribution in [0.25, 0.3) is 0 Å². The summed E-state index contributed by atoms with van der Waals surface area (Å²) in [7, 11) is -1.85. The molecule has 1 heterocycles. The first-order valence-electron chi connectivity index (χ1n) is 10.2. The smallest absolute Gasteiger partial charge is 0.265 e. The number of morpholine rings is 1. The number of carbonyl (C=O) groups is 1. The van der Waals surface area contributed by atoms with Crippen LogP contribution in [0.3, 0.4) is 0 Å². The SMILES string of the molecule is CCC(Oc1ccc(N(C)S(C)(=O)=O)cc1)C(=O)Nc1ccc(N2CCOCC2)cc1. The van der Waals surface area contributed by atoms with Gasteiger partial charge in [0.1, 0.15) is 5.75 Å². The molecule has 1 atom stereocenters. The van der Waals surface area contributed by atoms with Crippen molar-refractivity contribution >= 4 is 33.0 Å². The molecule has 0 spiro atoms. The highest BCUT2D eigenvalue weighted by Gasteiger charge is 2.19. The molecule has 0 aromatic heterocycles. The summed E-state index contributed by atoms with van der Waals surface area (Å²) in [5.74, 6) is 0.259. The fourth-order valence-electron chi connectivity index (χ4n) is 3.21. The van der Waals surface area contributed by atoms with Crippen LogP contribution in [-0.4, -0.2) is 60.0 Å². The van der Waals surface area contributed by atoms with Crippen molar-refractivity contribution in [1.82, 2.24) is 0 Å². The predicted octanol–water partition coefficient (Wildman–Crippen LogP) is 2.72. The van der Waals surface area contributed by atoms with Crippen LogP contribution in [-0.2, 0) is 19.6 Å². The summed E-state index contributed by atoms with van der Waals surface area (Å²) >= 11 is 0. The normalized spacial score (nSPS) is 15.3. The molecule has 0 aliphatic carbocycles. The van der Waals surface area contributed by atoms with Crippen molar-refractivity contribution in [2.45, 2.75) is 19.4 Å². The first-order chi connectivity index (χ1) is 14.8. The number of benzene rings is 2. The second kappa shape index (κ2) is 10.0. The van der Waals surface area contributed by atoms with Crippen LogP contribution in [0.2, 0.25) is 0 Å². The maximum atomic E-state index is 12.7. The van der Waals surface area contributed by atoms with Crippen molar-refractivity contribution in [1.29, 1.82) is 0 Å². The summed E-state index contributed by atoms with van der Waals surface area (Å²) in [6.07, 6.45) is 0.961. The molecule has 0 bridgehead atoms. The number of rotatable bonds is 8. The highest BCUT2D eigenvalue weighted by molar-refractivity contribution is 7.92. The molecule has 8 nitrogen and oxygen atoms in total. The van der Waals surface area contributed by atoms with Gasteiger partial charge >= 0.3 is 0 Å². The van der Waals surface area contributed by atoms with Gasteiger partial charge in [-0.05, 0) is 55.0 Å². The molecular weight excluding hydrogens is 418 g/mol. The van der Waals surface area contributed by atoms with E-state index in [2.05, 4.69) is 10.2 Å². The lowest BCUT2D eigenvalue weighted by atomic mass is 10.2. The van der Waals surface area contributed by atoms with E-state index in [1.807, 2.05) is 31.2 Å². The molecule has 1 saturated heterocycles. The van der Waals surface area contributed by atoms with E-state index in [9.17, 15) is 13.2 Å². The number of sulfonamides is 1. The second-order valence-electron chi connectivity index (χ2n) is 7.37. The Morgan fingerprint density at radius 1 is 1.13 bits per heavy atom. The van der Waals surface area contributed by atoms with E-state index in [4.69, 9.17) is 9.47 Å². The molecule has 168 valence electrons. The molecule has 0 radical (unpaired) electrons. The molecular formula is C22H29N3O5S. The van der Waals surface area contributed by atoms with Crippen LogP contribution < -0.4 is 19.3 Å². The van der Waals surface area contributed by atoms with Gasteiger partial charge in [0.15, 0.2) is 6.10 Å². The van der Waals surface area contributed by atoms with Crippen molar-refractivity contribution in [2.24, 2.45) is 0 Å². The zero-order chi connectivity index (χ0) is 22.4. The van der Waals surface area contributed by atoms with Gasteiger partial charge in [-0.1, -0.05) is 6.92 Å². The van der Waals surface area contributed by atoms with Gasteiger partial charge in [-0.3, -0.25) is 9.10 Å². The average Bonchev–Trinajstić information content (AvgIpc) is 2.78. The Morgan fingerprint density at radius 3 is 2.29 bits per heavy atom. The Hall–Kier alpha value is -2.78. The molecule has 1 unspecified atom stereocenters. The maximum absolute atomic E-state index is 12.7. The van der Waals surface area contributed by atoms with Gasteiger partial charge in [0.2, 0.25) is 10.0 Å². The molecule has 0 saturated carbocycles. The second-order valence-corrected chi connectivity index (χ2v) is 9.39. The summed E-state index contributed by atoms with van der Waals surface area (Å²) in [6, 6.07) is 14.3. The third kappa shape index (κ3) is 6.11. The summed E-state index contributed by atoms with van der Waals surface area (Å²) in [5.41, 5.74) is 2.32. The molecule has 3 rings (SSSR count). The van der Waals surface area contributed by atoms with E-state index >= 15 is 0 Å². The summed E-state index contributed by atoms with van der Waals surface area (Å²) < 4.78 is 35.7. The van der Waals surface area contributed by atoms with E-state index in [0.29, 0.717) is 23.5 Å². The topological polar surface area (TPSA) is 88.2 Å². The molecule has 31 heavy (non-hydrogen) atoms. The number of hydrogen-bond acceptors (Lipinski definition) is 6. The number of carbonyl (C=O) groups excluding carboxylic acids is 1. The van der Waals surface area contributed by atoms with E-state index in [0.717, 1.165) is 38.2 Å². The number of anilines is 3. The Bertz CT molecular complexity index is 971. The van der Waals surface area contributed by atoms with Crippen LogP contribution in [0.5, 0.6) is 5.75 Å². The Balaban J connectivity index is 1.60. The average molecular weight is 448 g/mol. The minimum absolute atomic E-state index is 0.237. The minimum Gasteiger partial charge on any atom is -0.481 e. The molecule has 9 heteroatoms. The highest BCUT2D eigenvalue weighted by atomic mass is 32.2. The lowest BCUT2D eigenvalue weighted by Gasteiger charge is -2.29. The molecule has 1 fully saturated rings. The Kier molecular flexibility index (Phi) is 7.40. The molecule has 2 aromatic rings. The van der Waals surface area contributed by atoms with Crippen molar-refractivity contribution in [3.8, 4) is 5.75 Å². The van der Waals surface area contributed by atoms with E-state index < -0.39 is 16.1 Å². The lowest BCUT2D eigenvalue weighted by Crippen LogP contribution is -2.36. The van der Waals surface area contributed by atoms with E-state index in [-0.39, 0.29) is 5.91 Å². The molecule has 1 aliphatic rings. The monoisotopic (exact) mass is 447 g/mol. The van der Waals surface area contributed by atoms with Gasteiger partial charge < -0.3 is 19.7 Å². The number of hydrogen-bond donors (Lipinski definition) is 1. The zero-order valence-electron chi connectivity index (χ0n) is 18.1. The largest absolute Gasteiger partial charge is 0.481 e. The van der Waals surface area contributed by atoms with Gasteiger partial charge in [-0.2, -0.15) is 0 Å². The van der Waals surface area contributed by atoms with Crippen molar-refractivity contribution in [3.05, 3.63) is 48.5 Å². The fraction of sp³-hybridized carbons (Fsp3) is 0.409. The molecule has 1 N–H and O–H groups in total.